The molecule has 4 heteroatoms. The molecule has 0 bridgehead atoms. The Balaban J connectivity index is 1.87. The van der Waals surface area contributed by atoms with Crippen molar-refractivity contribution in [2.45, 2.75) is 50.7 Å². The van der Waals surface area contributed by atoms with Crippen molar-refractivity contribution in [1.82, 2.24) is 10.2 Å². The molecule has 2 aliphatic rings. The lowest BCUT2D eigenvalue weighted by atomic mass is 10.0. The maximum absolute atomic E-state index is 11.3. The van der Waals surface area contributed by atoms with Gasteiger partial charge in [-0.3, -0.25) is 4.79 Å². The molecule has 16 heavy (non-hydrogen) atoms. The summed E-state index contributed by atoms with van der Waals surface area (Å²) in [7, 11) is 2.16. The van der Waals surface area contributed by atoms with Crippen LogP contribution in [0, 0.1) is 5.92 Å². The minimum atomic E-state index is -0.130. The van der Waals surface area contributed by atoms with Crippen LogP contribution in [0.4, 0.5) is 0 Å². The first kappa shape index (κ1) is 11.9. The van der Waals surface area contributed by atoms with Crippen molar-refractivity contribution in [3.63, 3.8) is 0 Å². The van der Waals surface area contributed by atoms with Gasteiger partial charge in [0, 0.05) is 24.7 Å². The summed E-state index contributed by atoms with van der Waals surface area (Å²) in [4.78, 5) is 13.7. The van der Waals surface area contributed by atoms with E-state index in [-0.39, 0.29) is 11.8 Å². The lowest BCUT2D eigenvalue weighted by Crippen LogP contribution is -2.45. The summed E-state index contributed by atoms with van der Waals surface area (Å²) in [6.45, 7) is 3.34. The van der Waals surface area contributed by atoms with E-state index >= 15 is 0 Å². The van der Waals surface area contributed by atoms with Gasteiger partial charge in [0.1, 0.15) is 0 Å². The van der Waals surface area contributed by atoms with Crippen molar-refractivity contribution in [2.24, 2.45) is 11.7 Å². The number of hydrogen-bond donors (Lipinski definition) is 2. The number of carbonyl (C=O) groups excluding carboxylic acids is 1. The number of amides is 1. The molecule has 4 atom stereocenters. The maximum atomic E-state index is 11.3. The van der Waals surface area contributed by atoms with E-state index in [4.69, 9.17) is 5.73 Å². The van der Waals surface area contributed by atoms with Crippen molar-refractivity contribution in [3.8, 4) is 0 Å². The molecular weight excluding hydrogens is 202 g/mol. The minimum Gasteiger partial charge on any atom is -0.369 e. The van der Waals surface area contributed by atoms with Crippen molar-refractivity contribution in [3.05, 3.63) is 0 Å². The van der Waals surface area contributed by atoms with Crippen LogP contribution in [0.1, 0.15) is 32.6 Å². The van der Waals surface area contributed by atoms with E-state index in [1.165, 1.54) is 6.42 Å². The third-order valence-corrected chi connectivity index (χ3v) is 4.22. The molecule has 1 amide bonds. The number of nitrogens with one attached hydrogen (secondary N) is 1. The van der Waals surface area contributed by atoms with Crippen LogP contribution >= 0.6 is 0 Å². The van der Waals surface area contributed by atoms with Gasteiger partial charge in [-0.15, -0.1) is 0 Å². The quantitative estimate of drug-likeness (QED) is 0.727. The van der Waals surface area contributed by atoms with Gasteiger partial charge in [0.15, 0.2) is 0 Å². The normalized spacial score (nSPS) is 40.4. The average Bonchev–Trinajstić information content (AvgIpc) is 2.75. The fraction of sp³-hybridized carbons (Fsp3) is 0.917. The van der Waals surface area contributed by atoms with Crippen molar-refractivity contribution < 1.29 is 4.79 Å². The Bertz CT molecular complexity index is 259. The fourth-order valence-corrected chi connectivity index (χ4v) is 3.12. The molecule has 4 nitrogen and oxygen atoms in total. The van der Waals surface area contributed by atoms with Gasteiger partial charge in [-0.05, 0) is 33.2 Å². The number of primary amides is 1. The summed E-state index contributed by atoms with van der Waals surface area (Å²) in [6, 6.07) is 1.50. The van der Waals surface area contributed by atoms with Crippen molar-refractivity contribution in [2.75, 3.05) is 13.6 Å². The number of likely N-dealkylation sites (N-methyl/N-ethyl adjacent to an activating group) is 1. The summed E-state index contributed by atoms with van der Waals surface area (Å²) < 4.78 is 0. The molecule has 2 rings (SSSR count). The second kappa shape index (κ2) is 4.72. The Morgan fingerprint density at radius 3 is 2.75 bits per heavy atom. The molecular formula is C12H23N3O. The molecule has 3 N–H and O–H groups in total. The highest BCUT2D eigenvalue weighted by Crippen LogP contribution is 2.27. The lowest BCUT2D eigenvalue weighted by molar-refractivity contribution is -0.122. The molecule has 1 aliphatic heterocycles. The first-order chi connectivity index (χ1) is 7.58. The number of hydrogen-bond acceptors (Lipinski definition) is 3. The van der Waals surface area contributed by atoms with Crippen LogP contribution in [-0.4, -0.2) is 42.5 Å². The Labute approximate surface area is 97.6 Å². The minimum absolute atomic E-state index is 0.0567. The maximum Gasteiger partial charge on any atom is 0.222 e. The van der Waals surface area contributed by atoms with Crippen LogP contribution in [0.15, 0.2) is 0 Å². The molecule has 2 fully saturated rings. The molecule has 1 heterocycles. The number of likely N-dealkylation sites (tertiary alicyclic amines) is 1. The second-order valence-corrected chi connectivity index (χ2v) is 5.43. The molecule has 1 saturated heterocycles. The number of carbonyl (C=O) groups is 1. The van der Waals surface area contributed by atoms with Crippen LogP contribution in [0.3, 0.4) is 0 Å². The third-order valence-electron chi connectivity index (χ3n) is 4.22. The molecule has 1 aliphatic carbocycles. The van der Waals surface area contributed by atoms with Crippen LogP contribution in [0.2, 0.25) is 0 Å². The zero-order valence-corrected chi connectivity index (χ0v) is 10.3. The Morgan fingerprint density at radius 1 is 1.44 bits per heavy atom. The van der Waals surface area contributed by atoms with E-state index < -0.39 is 0 Å². The van der Waals surface area contributed by atoms with E-state index in [1.54, 1.807) is 0 Å². The van der Waals surface area contributed by atoms with E-state index in [0.717, 1.165) is 25.8 Å². The molecule has 1 saturated carbocycles. The van der Waals surface area contributed by atoms with Crippen LogP contribution in [0.25, 0.3) is 0 Å². The van der Waals surface area contributed by atoms with Gasteiger partial charge in [-0.2, -0.15) is 0 Å². The monoisotopic (exact) mass is 225 g/mol. The molecule has 4 unspecified atom stereocenters. The lowest BCUT2D eigenvalue weighted by Gasteiger charge is -2.22. The molecule has 0 spiro atoms. The van der Waals surface area contributed by atoms with Gasteiger partial charge in [0.2, 0.25) is 5.91 Å². The number of rotatable bonds is 3. The zero-order chi connectivity index (χ0) is 11.7. The van der Waals surface area contributed by atoms with Crippen LogP contribution in [-0.2, 0) is 4.79 Å². The standard InChI is InChI=1S/C12H23N3O/c1-8-6-9(7-15(8)2)14-11-5-3-4-10(11)12(13)16/h8-11,14H,3-7H2,1-2H3,(H2,13,16). The zero-order valence-electron chi connectivity index (χ0n) is 10.3. The molecule has 0 radical (unpaired) electrons. The van der Waals surface area contributed by atoms with E-state index in [1.807, 2.05) is 0 Å². The number of nitrogens with two attached hydrogens (primary N) is 1. The first-order valence-corrected chi connectivity index (χ1v) is 6.33. The number of nitrogens with zero attached hydrogens (tertiary/aromatic N) is 1. The summed E-state index contributed by atoms with van der Waals surface area (Å²) in [5.41, 5.74) is 5.43. The predicted molar refractivity (Wildman–Crippen MR) is 64.0 cm³/mol. The summed E-state index contributed by atoms with van der Waals surface area (Å²) >= 11 is 0. The second-order valence-electron chi connectivity index (χ2n) is 5.43. The van der Waals surface area contributed by atoms with Crippen molar-refractivity contribution >= 4 is 5.91 Å². The molecule has 0 aromatic heterocycles. The van der Waals surface area contributed by atoms with Crippen molar-refractivity contribution in [1.29, 1.82) is 0 Å². The van der Waals surface area contributed by atoms with Gasteiger partial charge in [0.05, 0.1) is 5.92 Å². The largest absolute Gasteiger partial charge is 0.369 e. The molecule has 0 aromatic carbocycles. The summed E-state index contributed by atoms with van der Waals surface area (Å²) in [5.74, 6) is -0.0735. The van der Waals surface area contributed by atoms with Gasteiger partial charge in [0.25, 0.3) is 0 Å². The highest BCUT2D eigenvalue weighted by Gasteiger charge is 2.35. The Kier molecular flexibility index (Phi) is 3.50. The summed E-state index contributed by atoms with van der Waals surface area (Å²) in [5, 5.41) is 3.63. The Hall–Kier alpha value is -0.610. The first-order valence-electron chi connectivity index (χ1n) is 6.33. The van der Waals surface area contributed by atoms with Gasteiger partial charge in [-0.1, -0.05) is 6.42 Å². The van der Waals surface area contributed by atoms with E-state index in [2.05, 4.69) is 24.2 Å². The third kappa shape index (κ3) is 2.38. The highest BCUT2D eigenvalue weighted by atomic mass is 16.1. The summed E-state index contributed by atoms with van der Waals surface area (Å²) in [6.07, 6.45) is 4.37. The fourth-order valence-electron chi connectivity index (χ4n) is 3.12. The predicted octanol–water partition coefficient (Wildman–Crippen LogP) is 0.323. The average molecular weight is 225 g/mol. The molecule has 92 valence electrons. The van der Waals surface area contributed by atoms with E-state index in [9.17, 15) is 4.79 Å². The van der Waals surface area contributed by atoms with Gasteiger partial charge >= 0.3 is 0 Å². The Morgan fingerprint density at radius 2 is 2.19 bits per heavy atom. The van der Waals surface area contributed by atoms with Crippen LogP contribution < -0.4 is 11.1 Å². The van der Waals surface area contributed by atoms with Crippen LogP contribution in [0.5, 0.6) is 0 Å². The van der Waals surface area contributed by atoms with Gasteiger partial charge in [-0.25, -0.2) is 0 Å². The molecule has 0 aromatic rings. The smallest absolute Gasteiger partial charge is 0.222 e. The topological polar surface area (TPSA) is 58.4 Å². The van der Waals surface area contributed by atoms with E-state index in [0.29, 0.717) is 18.1 Å². The SMILES string of the molecule is CC1CC(NC2CCCC2C(N)=O)CN1C. The highest BCUT2D eigenvalue weighted by molar-refractivity contribution is 5.77. The van der Waals surface area contributed by atoms with Gasteiger partial charge < -0.3 is 16.0 Å².